The molecule has 1 aromatic carbocycles. The maximum Gasteiger partial charge on any atom is 0.277 e. The molecule has 2 aliphatic rings. The smallest absolute Gasteiger partial charge is 0.277 e. The number of amides is 2. The molecule has 0 bridgehead atoms. The first-order valence-corrected chi connectivity index (χ1v) is 9.70. The number of piperazine rings is 1. The molecule has 27 heavy (non-hydrogen) atoms. The van der Waals surface area contributed by atoms with E-state index in [0.29, 0.717) is 30.8 Å². The molecular formula is C21H29N3O3. The first kappa shape index (κ1) is 19.6. The third-order valence-electron chi connectivity index (χ3n) is 5.00. The van der Waals surface area contributed by atoms with E-state index in [1.165, 1.54) is 4.90 Å². The Hall–Kier alpha value is -2.18. The summed E-state index contributed by atoms with van der Waals surface area (Å²) in [6.07, 6.45) is 0.794. The highest BCUT2D eigenvalue weighted by molar-refractivity contribution is 6.35. The molecule has 0 atom stereocenters. The molecule has 0 aromatic heterocycles. The van der Waals surface area contributed by atoms with Gasteiger partial charge in [0.15, 0.2) is 0 Å². The molecule has 1 saturated heterocycles. The first-order valence-electron chi connectivity index (χ1n) is 9.70. The molecular weight excluding hydrogens is 342 g/mol. The fourth-order valence-corrected chi connectivity index (χ4v) is 3.50. The van der Waals surface area contributed by atoms with Gasteiger partial charge in [-0.15, -0.1) is 0 Å². The Morgan fingerprint density at radius 3 is 2.30 bits per heavy atom. The molecule has 0 unspecified atom stereocenters. The summed E-state index contributed by atoms with van der Waals surface area (Å²) < 4.78 is 5.56. The second-order valence-corrected chi connectivity index (χ2v) is 7.41. The van der Waals surface area contributed by atoms with E-state index >= 15 is 0 Å². The second-order valence-electron chi connectivity index (χ2n) is 7.41. The number of hydrogen-bond acceptors (Lipinski definition) is 5. The molecule has 0 saturated carbocycles. The second kappa shape index (κ2) is 8.67. The number of hydrogen-bond donors (Lipinski definition) is 0. The van der Waals surface area contributed by atoms with E-state index in [4.69, 9.17) is 4.74 Å². The number of ether oxygens (including phenoxy) is 1. The topological polar surface area (TPSA) is 53.1 Å². The predicted octanol–water partition coefficient (Wildman–Crippen LogP) is 1.83. The van der Waals surface area contributed by atoms with E-state index in [1.54, 1.807) is 0 Å². The van der Waals surface area contributed by atoms with Crippen molar-refractivity contribution in [2.75, 3.05) is 46.4 Å². The third kappa shape index (κ3) is 4.39. The molecule has 2 heterocycles. The molecule has 1 aromatic rings. The minimum absolute atomic E-state index is 0.147. The number of benzene rings is 1. The van der Waals surface area contributed by atoms with Crippen molar-refractivity contribution in [1.29, 1.82) is 0 Å². The van der Waals surface area contributed by atoms with Gasteiger partial charge in [-0.1, -0.05) is 30.3 Å². The quantitative estimate of drug-likeness (QED) is 0.541. The summed E-state index contributed by atoms with van der Waals surface area (Å²) in [7, 11) is 2.08. The van der Waals surface area contributed by atoms with Crippen LogP contribution in [-0.2, 0) is 14.3 Å². The summed E-state index contributed by atoms with van der Waals surface area (Å²) in [5.74, 6) is -0.363. The average Bonchev–Trinajstić information content (AvgIpc) is 2.90. The Bertz CT molecular complexity index is 707. The molecule has 3 rings (SSSR count). The summed E-state index contributed by atoms with van der Waals surface area (Å²) >= 11 is 0. The lowest BCUT2D eigenvalue weighted by Crippen LogP contribution is -2.46. The van der Waals surface area contributed by atoms with Crippen LogP contribution < -0.4 is 0 Å². The van der Waals surface area contributed by atoms with Gasteiger partial charge in [-0.3, -0.25) is 14.5 Å². The Morgan fingerprint density at radius 1 is 1.00 bits per heavy atom. The van der Waals surface area contributed by atoms with Gasteiger partial charge in [-0.05, 0) is 32.9 Å². The van der Waals surface area contributed by atoms with Crippen molar-refractivity contribution in [1.82, 2.24) is 14.7 Å². The number of rotatable bonds is 7. The van der Waals surface area contributed by atoms with Crippen LogP contribution in [0.5, 0.6) is 0 Å². The average molecular weight is 371 g/mol. The van der Waals surface area contributed by atoms with E-state index in [0.717, 1.165) is 31.7 Å². The maximum absolute atomic E-state index is 13.2. The molecule has 2 aliphatic heterocycles. The van der Waals surface area contributed by atoms with Crippen LogP contribution in [0.1, 0.15) is 25.8 Å². The fourth-order valence-electron chi connectivity index (χ4n) is 3.50. The lowest BCUT2D eigenvalue weighted by atomic mass is 10.0. The highest BCUT2D eigenvalue weighted by Gasteiger charge is 2.41. The minimum atomic E-state index is -0.190. The standard InChI is InChI=1S/C21H29N3O3/c1-16(2)27-15-7-10-24-20(25)18(17-8-5-4-6-9-17)19(21(24)26)23-13-11-22(3)12-14-23/h4-6,8-9,16H,7,10-15H2,1-3H3. The lowest BCUT2D eigenvalue weighted by molar-refractivity contribution is -0.137. The third-order valence-corrected chi connectivity index (χ3v) is 5.00. The Labute approximate surface area is 161 Å². The number of likely N-dealkylation sites (N-methyl/N-ethyl adjacent to an activating group) is 1. The minimum Gasteiger partial charge on any atom is -0.379 e. The highest BCUT2D eigenvalue weighted by atomic mass is 16.5. The van der Waals surface area contributed by atoms with Gasteiger partial charge in [0.05, 0.1) is 11.7 Å². The number of carbonyl (C=O) groups is 2. The van der Waals surface area contributed by atoms with Crippen LogP contribution in [0.3, 0.4) is 0 Å². The summed E-state index contributed by atoms with van der Waals surface area (Å²) in [4.78, 5) is 32.0. The molecule has 6 nitrogen and oxygen atoms in total. The van der Waals surface area contributed by atoms with Gasteiger partial charge in [-0.2, -0.15) is 0 Å². The van der Waals surface area contributed by atoms with Gasteiger partial charge in [0.25, 0.3) is 11.8 Å². The monoisotopic (exact) mass is 371 g/mol. The molecule has 0 aliphatic carbocycles. The number of carbonyl (C=O) groups excluding carboxylic acids is 2. The summed E-state index contributed by atoms with van der Waals surface area (Å²) in [6.45, 7) is 8.16. The zero-order valence-corrected chi connectivity index (χ0v) is 16.5. The molecule has 1 fully saturated rings. The van der Waals surface area contributed by atoms with E-state index < -0.39 is 0 Å². The molecule has 2 amide bonds. The molecule has 146 valence electrons. The maximum atomic E-state index is 13.2. The van der Waals surface area contributed by atoms with Crippen molar-refractivity contribution >= 4 is 17.4 Å². The first-order chi connectivity index (χ1) is 13.0. The van der Waals surface area contributed by atoms with Crippen molar-refractivity contribution < 1.29 is 14.3 Å². The van der Waals surface area contributed by atoms with Crippen LogP contribution in [0.4, 0.5) is 0 Å². The van der Waals surface area contributed by atoms with E-state index in [1.807, 2.05) is 44.2 Å². The molecule has 6 heteroatoms. The summed E-state index contributed by atoms with van der Waals surface area (Å²) in [5.41, 5.74) is 1.91. The predicted molar refractivity (Wildman–Crippen MR) is 105 cm³/mol. The highest BCUT2D eigenvalue weighted by Crippen LogP contribution is 2.32. The van der Waals surface area contributed by atoms with Crippen LogP contribution in [0, 0.1) is 0 Å². The normalized spacial score (nSPS) is 19.0. The zero-order chi connectivity index (χ0) is 19.4. The van der Waals surface area contributed by atoms with Gasteiger partial charge in [0, 0.05) is 39.3 Å². The van der Waals surface area contributed by atoms with Crippen molar-refractivity contribution in [3.8, 4) is 0 Å². The van der Waals surface area contributed by atoms with Crippen LogP contribution >= 0.6 is 0 Å². The van der Waals surface area contributed by atoms with Crippen molar-refractivity contribution in [2.24, 2.45) is 0 Å². The molecule has 0 N–H and O–H groups in total. The largest absolute Gasteiger partial charge is 0.379 e. The lowest BCUT2D eigenvalue weighted by Gasteiger charge is -2.34. The van der Waals surface area contributed by atoms with Crippen molar-refractivity contribution in [2.45, 2.75) is 26.4 Å². The van der Waals surface area contributed by atoms with Crippen LogP contribution in [0.2, 0.25) is 0 Å². The zero-order valence-electron chi connectivity index (χ0n) is 16.5. The Balaban J connectivity index is 1.83. The SMILES string of the molecule is CC(C)OCCCN1C(=O)C(c2ccccc2)=C(N2CCN(C)CC2)C1=O. The van der Waals surface area contributed by atoms with Gasteiger partial charge in [-0.25, -0.2) is 0 Å². The fraction of sp³-hybridized carbons (Fsp3) is 0.524. The van der Waals surface area contributed by atoms with Gasteiger partial charge < -0.3 is 14.5 Å². The Morgan fingerprint density at radius 2 is 1.67 bits per heavy atom. The van der Waals surface area contributed by atoms with Crippen LogP contribution in [0.15, 0.2) is 36.0 Å². The molecule has 0 spiro atoms. The van der Waals surface area contributed by atoms with Gasteiger partial charge >= 0.3 is 0 Å². The number of imide groups is 1. The Kier molecular flexibility index (Phi) is 6.29. The molecule has 0 radical (unpaired) electrons. The van der Waals surface area contributed by atoms with Crippen LogP contribution in [0.25, 0.3) is 5.57 Å². The number of nitrogens with zero attached hydrogens (tertiary/aromatic N) is 3. The van der Waals surface area contributed by atoms with E-state index in [9.17, 15) is 9.59 Å². The van der Waals surface area contributed by atoms with Crippen LogP contribution in [-0.4, -0.2) is 79.0 Å². The summed E-state index contributed by atoms with van der Waals surface area (Å²) in [5, 5.41) is 0. The van der Waals surface area contributed by atoms with Crippen molar-refractivity contribution in [3.63, 3.8) is 0 Å². The van der Waals surface area contributed by atoms with Gasteiger partial charge in [0.1, 0.15) is 5.70 Å². The van der Waals surface area contributed by atoms with Crippen molar-refractivity contribution in [3.05, 3.63) is 41.6 Å². The van der Waals surface area contributed by atoms with E-state index in [-0.39, 0.29) is 17.9 Å². The van der Waals surface area contributed by atoms with Gasteiger partial charge in [0.2, 0.25) is 0 Å². The van der Waals surface area contributed by atoms with E-state index in [2.05, 4.69) is 16.8 Å². The summed E-state index contributed by atoms with van der Waals surface area (Å²) in [6, 6.07) is 9.54.